The van der Waals surface area contributed by atoms with Gasteiger partial charge in [0.15, 0.2) is 6.61 Å². The fourth-order valence-electron chi connectivity index (χ4n) is 3.02. The van der Waals surface area contributed by atoms with E-state index in [0.717, 1.165) is 33.2 Å². The molecule has 0 fully saturated rings. The molecule has 0 aliphatic carbocycles. The SMILES string of the molecule is COc1ccc(CCNC(=O)COC(=O)c2ccccc2SCc2c(C)noc2C)cc1. The Morgan fingerprint density at radius 3 is 2.53 bits per heavy atom. The zero-order valence-electron chi connectivity index (χ0n) is 18.3. The Bertz CT molecular complexity index is 1040. The van der Waals surface area contributed by atoms with Crippen molar-refractivity contribution in [1.29, 1.82) is 0 Å². The highest BCUT2D eigenvalue weighted by Crippen LogP contribution is 2.29. The summed E-state index contributed by atoms with van der Waals surface area (Å²) in [5, 5.41) is 6.72. The number of esters is 1. The van der Waals surface area contributed by atoms with Crippen LogP contribution in [-0.4, -0.2) is 37.3 Å². The van der Waals surface area contributed by atoms with Crippen LogP contribution in [0.2, 0.25) is 0 Å². The fourth-order valence-corrected chi connectivity index (χ4v) is 4.21. The molecule has 1 aromatic heterocycles. The number of ether oxygens (including phenoxy) is 2. The monoisotopic (exact) mass is 454 g/mol. The number of rotatable bonds is 10. The molecule has 3 rings (SSSR count). The molecule has 32 heavy (non-hydrogen) atoms. The van der Waals surface area contributed by atoms with Gasteiger partial charge in [-0.05, 0) is 50.1 Å². The third-order valence-corrected chi connectivity index (χ3v) is 5.99. The van der Waals surface area contributed by atoms with E-state index in [2.05, 4.69) is 10.5 Å². The van der Waals surface area contributed by atoms with E-state index in [1.807, 2.05) is 50.2 Å². The molecule has 1 heterocycles. The van der Waals surface area contributed by atoms with Crippen LogP contribution >= 0.6 is 11.8 Å². The molecule has 0 aliphatic rings. The molecule has 2 aromatic carbocycles. The van der Waals surface area contributed by atoms with Gasteiger partial charge in [-0.3, -0.25) is 4.79 Å². The molecule has 0 saturated carbocycles. The lowest BCUT2D eigenvalue weighted by Crippen LogP contribution is -2.30. The first-order valence-corrected chi connectivity index (χ1v) is 11.2. The van der Waals surface area contributed by atoms with Crippen LogP contribution in [0.25, 0.3) is 0 Å². The molecule has 0 radical (unpaired) electrons. The highest BCUT2D eigenvalue weighted by Gasteiger charge is 2.16. The Balaban J connectivity index is 1.47. The molecule has 3 aromatic rings. The molecule has 0 saturated heterocycles. The Labute approximate surface area is 191 Å². The minimum absolute atomic E-state index is 0.329. The van der Waals surface area contributed by atoms with E-state index in [1.165, 1.54) is 11.8 Å². The average Bonchev–Trinajstić information content (AvgIpc) is 3.13. The van der Waals surface area contributed by atoms with Crippen molar-refractivity contribution >= 4 is 23.6 Å². The maximum absolute atomic E-state index is 12.6. The van der Waals surface area contributed by atoms with Gasteiger partial charge in [0.25, 0.3) is 5.91 Å². The fraction of sp³-hybridized carbons (Fsp3) is 0.292. The van der Waals surface area contributed by atoms with Crippen molar-refractivity contribution in [2.75, 3.05) is 20.3 Å². The van der Waals surface area contributed by atoms with E-state index in [9.17, 15) is 9.59 Å². The second-order valence-corrected chi connectivity index (χ2v) is 8.13. The zero-order chi connectivity index (χ0) is 22.9. The molecule has 0 spiro atoms. The van der Waals surface area contributed by atoms with Crippen molar-refractivity contribution in [2.45, 2.75) is 30.9 Å². The number of nitrogens with zero attached hydrogens (tertiary/aromatic N) is 1. The minimum atomic E-state index is -0.530. The van der Waals surface area contributed by atoms with Crippen LogP contribution in [0.1, 0.15) is 32.9 Å². The number of hydrogen-bond donors (Lipinski definition) is 1. The van der Waals surface area contributed by atoms with Gasteiger partial charge in [-0.15, -0.1) is 11.8 Å². The Morgan fingerprint density at radius 2 is 1.84 bits per heavy atom. The van der Waals surface area contributed by atoms with Crippen molar-refractivity contribution in [1.82, 2.24) is 10.5 Å². The third kappa shape index (κ3) is 6.37. The molecular formula is C24H26N2O5S. The summed E-state index contributed by atoms with van der Waals surface area (Å²) in [7, 11) is 1.62. The molecule has 0 aliphatic heterocycles. The quantitative estimate of drug-likeness (QED) is 0.364. The molecule has 0 unspecified atom stereocenters. The summed E-state index contributed by atoms with van der Waals surface area (Å²) in [6.45, 7) is 3.88. The lowest BCUT2D eigenvalue weighted by Gasteiger charge is -2.10. The highest BCUT2D eigenvalue weighted by atomic mass is 32.2. The van der Waals surface area contributed by atoms with E-state index >= 15 is 0 Å². The van der Waals surface area contributed by atoms with Gasteiger partial charge in [-0.25, -0.2) is 4.79 Å². The maximum Gasteiger partial charge on any atom is 0.339 e. The standard InChI is InChI=1S/C24H26N2O5S/c1-16-21(17(2)31-26-16)15-32-22-7-5-4-6-20(22)24(28)30-14-23(27)25-13-12-18-8-10-19(29-3)11-9-18/h4-11H,12-15H2,1-3H3,(H,25,27). The first-order chi connectivity index (χ1) is 15.5. The summed E-state index contributed by atoms with van der Waals surface area (Å²) < 4.78 is 15.6. The zero-order valence-corrected chi connectivity index (χ0v) is 19.2. The van der Waals surface area contributed by atoms with E-state index in [1.54, 1.807) is 19.2 Å². The predicted octanol–water partition coefficient (Wildman–Crippen LogP) is 4.11. The van der Waals surface area contributed by atoms with Gasteiger partial charge >= 0.3 is 5.97 Å². The summed E-state index contributed by atoms with van der Waals surface area (Å²) in [5.41, 5.74) is 3.35. The summed E-state index contributed by atoms with van der Waals surface area (Å²) in [4.78, 5) is 25.4. The van der Waals surface area contributed by atoms with Gasteiger partial charge < -0.3 is 19.3 Å². The Morgan fingerprint density at radius 1 is 1.09 bits per heavy atom. The Kier molecular flexibility index (Phi) is 8.33. The van der Waals surface area contributed by atoms with Gasteiger partial charge in [-0.1, -0.05) is 29.4 Å². The first-order valence-electron chi connectivity index (χ1n) is 10.2. The highest BCUT2D eigenvalue weighted by molar-refractivity contribution is 7.98. The summed E-state index contributed by atoms with van der Waals surface area (Å²) in [5.74, 6) is 1.30. The number of hydrogen-bond acceptors (Lipinski definition) is 7. The summed E-state index contributed by atoms with van der Waals surface area (Å²) in [6.07, 6.45) is 0.671. The van der Waals surface area contributed by atoms with Crippen LogP contribution in [0.4, 0.5) is 0 Å². The molecular weight excluding hydrogens is 428 g/mol. The smallest absolute Gasteiger partial charge is 0.339 e. The molecule has 168 valence electrons. The first kappa shape index (κ1) is 23.4. The number of methoxy groups -OCH3 is 1. The van der Waals surface area contributed by atoms with Gasteiger partial charge in [0.2, 0.25) is 0 Å². The van der Waals surface area contributed by atoms with Crippen molar-refractivity contribution < 1.29 is 23.6 Å². The number of aryl methyl sites for hydroxylation is 2. The number of amides is 1. The van der Waals surface area contributed by atoms with Crippen molar-refractivity contribution in [2.24, 2.45) is 0 Å². The van der Waals surface area contributed by atoms with E-state index in [4.69, 9.17) is 14.0 Å². The van der Waals surface area contributed by atoms with Crippen LogP contribution < -0.4 is 10.1 Å². The van der Waals surface area contributed by atoms with Crippen LogP contribution in [0.15, 0.2) is 57.9 Å². The minimum Gasteiger partial charge on any atom is -0.497 e. The largest absolute Gasteiger partial charge is 0.497 e. The second kappa shape index (κ2) is 11.4. The molecule has 0 bridgehead atoms. The van der Waals surface area contributed by atoms with Crippen LogP contribution in [0, 0.1) is 13.8 Å². The van der Waals surface area contributed by atoms with Crippen molar-refractivity contribution in [3.05, 3.63) is 76.7 Å². The number of carbonyl (C=O) groups excluding carboxylic acids is 2. The van der Waals surface area contributed by atoms with Gasteiger partial charge in [0.1, 0.15) is 11.5 Å². The maximum atomic E-state index is 12.6. The normalized spacial score (nSPS) is 10.6. The second-order valence-electron chi connectivity index (χ2n) is 7.11. The average molecular weight is 455 g/mol. The van der Waals surface area contributed by atoms with E-state index in [-0.39, 0.29) is 12.5 Å². The number of nitrogens with one attached hydrogen (secondary N) is 1. The molecule has 8 heteroatoms. The lowest BCUT2D eigenvalue weighted by atomic mass is 10.1. The van der Waals surface area contributed by atoms with Crippen LogP contribution in [-0.2, 0) is 21.7 Å². The molecule has 1 amide bonds. The molecule has 1 N–H and O–H groups in total. The van der Waals surface area contributed by atoms with E-state index < -0.39 is 5.97 Å². The molecule has 7 nitrogen and oxygen atoms in total. The van der Waals surface area contributed by atoms with E-state index in [0.29, 0.717) is 24.3 Å². The lowest BCUT2D eigenvalue weighted by molar-refractivity contribution is -0.124. The van der Waals surface area contributed by atoms with Crippen molar-refractivity contribution in [3.63, 3.8) is 0 Å². The third-order valence-electron chi connectivity index (χ3n) is 4.89. The number of aromatic nitrogens is 1. The van der Waals surface area contributed by atoms with Crippen molar-refractivity contribution in [3.8, 4) is 5.75 Å². The Hall–Kier alpha value is -3.26. The van der Waals surface area contributed by atoms with Gasteiger partial charge in [0.05, 0.1) is 18.4 Å². The topological polar surface area (TPSA) is 90.7 Å². The van der Waals surface area contributed by atoms with Crippen LogP contribution in [0.5, 0.6) is 5.75 Å². The van der Waals surface area contributed by atoms with Gasteiger partial charge in [0, 0.05) is 22.8 Å². The van der Waals surface area contributed by atoms with Crippen LogP contribution in [0.3, 0.4) is 0 Å². The van der Waals surface area contributed by atoms with Gasteiger partial charge in [-0.2, -0.15) is 0 Å². The summed E-state index contributed by atoms with van der Waals surface area (Å²) in [6, 6.07) is 14.8. The molecule has 0 atom stereocenters. The number of carbonyl (C=O) groups is 2. The number of thioether (sulfide) groups is 1. The summed E-state index contributed by atoms with van der Waals surface area (Å²) >= 11 is 1.50. The predicted molar refractivity (Wildman–Crippen MR) is 122 cm³/mol. The number of benzene rings is 2.